The highest BCUT2D eigenvalue weighted by molar-refractivity contribution is 14.1. The summed E-state index contributed by atoms with van der Waals surface area (Å²) in [6.07, 6.45) is 0. The highest BCUT2D eigenvalue weighted by Gasteiger charge is 2.18. The molecule has 0 fully saturated rings. The highest BCUT2D eigenvalue weighted by Crippen LogP contribution is 2.31. The van der Waals surface area contributed by atoms with E-state index in [2.05, 4.69) is 0 Å². The molecule has 8 heteroatoms. The minimum Gasteiger partial charge on any atom is -0.265 e. The van der Waals surface area contributed by atoms with Crippen LogP contribution in [-0.4, -0.2) is 8.42 Å². The van der Waals surface area contributed by atoms with Crippen LogP contribution in [0.4, 0.5) is 0 Å². The molecule has 0 unspecified atom stereocenters. The molecule has 0 saturated carbocycles. The fourth-order valence-corrected chi connectivity index (χ4v) is 4.15. The van der Waals surface area contributed by atoms with Crippen molar-refractivity contribution >= 4 is 54.4 Å². The van der Waals surface area contributed by atoms with Crippen LogP contribution in [0, 0.1) is 3.57 Å². The average molecular weight is 368 g/mol. The molecule has 0 saturated heterocycles. The zero-order chi connectivity index (χ0) is 10.9. The van der Waals surface area contributed by atoms with Crippen LogP contribution in [-0.2, 0) is 13.1 Å². The van der Waals surface area contributed by atoms with Crippen molar-refractivity contribution in [1.29, 1.82) is 0 Å². The highest BCUT2D eigenvalue weighted by atomic mass is 127. The van der Waals surface area contributed by atoms with E-state index < -0.39 is 31.2 Å². The quantitative estimate of drug-likeness (QED) is 0.642. The van der Waals surface area contributed by atoms with Gasteiger partial charge in [-0.15, -0.1) is 0 Å². The van der Waals surface area contributed by atoms with Gasteiger partial charge in [-0.3, -0.25) is 3.07 Å². The SMILES string of the molecule is NS(=O)(=O)c1cc(Cl)cc(Cl)c1I=O. The summed E-state index contributed by atoms with van der Waals surface area (Å²) in [6, 6.07) is 2.46. The Balaban J connectivity index is 3.65. The van der Waals surface area contributed by atoms with E-state index in [4.69, 9.17) is 28.3 Å². The van der Waals surface area contributed by atoms with Crippen LogP contribution < -0.4 is 5.14 Å². The summed E-state index contributed by atoms with van der Waals surface area (Å²) in [5.74, 6) is 0. The van der Waals surface area contributed by atoms with Crippen molar-refractivity contribution in [3.05, 3.63) is 25.7 Å². The van der Waals surface area contributed by atoms with E-state index in [0.29, 0.717) is 0 Å². The van der Waals surface area contributed by atoms with Gasteiger partial charge >= 0.3 is 0 Å². The van der Waals surface area contributed by atoms with Crippen LogP contribution in [0.15, 0.2) is 17.0 Å². The molecule has 1 rings (SSSR count). The van der Waals surface area contributed by atoms with Crippen LogP contribution in [0.5, 0.6) is 0 Å². The molecule has 1 aromatic rings. The van der Waals surface area contributed by atoms with Crippen LogP contribution in [0.25, 0.3) is 0 Å². The van der Waals surface area contributed by atoms with Gasteiger partial charge in [0, 0.05) is 5.02 Å². The molecular formula is C6H4Cl2INO3S. The lowest BCUT2D eigenvalue weighted by Gasteiger charge is -2.03. The van der Waals surface area contributed by atoms with Gasteiger partial charge in [-0.25, -0.2) is 13.6 Å². The second-order valence-electron chi connectivity index (χ2n) is 2.32. The molecule has 0 bridgehead atoms. The van der Waals surface area contributed by atoms with Gasteiger partial charge in [0.15, 0.2) is 21.2 Å². The number of primary sulfonamides is 1. The summed E-state index contributed by atoms with van der Waals surface area (Å²) in [5, 5.41) is 5.10. The molecule has 0 heterocycles. The van der Waals surface area contributed by atoms with Crippen LogP contribution in [0.2, 0.25) is 10.0 Å². The predicted octanol–water partition coefficient (Wildman–Crippen LogP) is 2.13. The Kier molecular flexibility index (Phi) is 3.87. The maximum atomic E-state index is 11.1. The summed E-state index contributed by atoms with van der Waals surface area (Å²) in [6.45, 7) is 0. The molecule has 0 amide bonds. The van der Waals surface area contributed by atoms with Gasteiger partial charge in [0.1, 0.15) is 4.90 Å². The zero-order valence-electron chi connectivity index (χ0n) is 6.50. The Morgan fingerprint density at radius 2 is 1.86 bits per heavy atom. The van der Waals surface area contributed by atoms with E-state index >= 15 is 0 Å². The Labute approximate surface area is 101 Å². The average Bonchev–Trinajstić information content (AvgIpc) is 2.01. The molecule has 1 aromatic carbocycles. The number of hydrogen-bond donors (Lipinski definition) is 1. The van der Waals surface area contributed by atoms with Gasteiger partial charge < -0.3 is 0 Å². The summed E-state index contributed by atoms with van der Waals surface area (Å²) < 4.78 is 33.0. The minimum absolute atomic E-state index is 0.0531. The molecule has 4 nitrogen and oxygen atoms in total. The Hall–Kier alpha value is 0.240. The van der Waals surface area contributed by atoms with E-state index in [9.17, 15) is 11.5 Å². The lowest BCUT2D eigenvalue weighted by molar-refractivity contribution is 0.597. The van der Waals surface area contributed by atoms with Crippen molar-refractivity contribution in [3.63, 3.8) is 0 Å². The smallest absolute Gasteiger partial charge is 0.239 e. The van der Waals surface area contributed by atoms with E-state index in [-0.39, 0.29) is 18.5 Å². The van der Waals surface area contributed by atoms with Gasteiger partial charge in [0.2, 0.25) is 10.0 Å². The summed E-state index contributed by atoms with van der Waals surface area (Å²) in [5.41, 5.74) is 0. The number of rotatable bonds is 2. The minimum atomic E-state index is -3.93. The van der Waals surface area contributed by atoms with Gasteiger partial charge in [0.25, 0.3) is 0 Å². The molecule has 78 valence electrons. The Bertz CT molecular complexity index is 488. The number of hydrogen-bond acceptors (Lipinski definition) is 3. The van der Waals surface area contributed by atoms with Crippen LogP contribution >= 0.6 is 44.4 Å². The fourth-order valence-electron chi connectivity index (χ4n) is 0.814. The first-order chi connectivity index (χ1) is 6.36. The van der Waals surface area contributed by atoms with Gasteiger partial charge in [-0.05, 0) is 12.1 Å². The number of halogens is 3. The van der Waals surface area contributed by atoms with Crippen molar-refractivity contribution in [3.8, 4) is 0 Å². The van der Waals surface area contributed by atoms with E-state index in [1.807, 2.05) is 0 Å². The lowest BCUT2D eigenvalue weighted by Crippen LogP contribution is -2.14. The zero-order valence-corrected chi connectivity index (χ0v) is 11.0. The van der Waals surface area contributed by atoms with Crippen molar-refractivity contribution in [2.45, 2.75) is 4.90 Å². The Morgan fingerprint density at radius 1 is 1.29 bits per heavy atom. The summed E-state index contributed by atoms with van der Waals surface area (Å²) >= 11 is 9.54. The third-order valence-electron chi connectivity index (χ3n) is 1.34. The van der Waals surface area contributed by atoms with Gasteiger partial charge in [-0.1, -0.05) is 23.2 Å². The number of benzene rings is 1. The molecule has 14 heavy (non-hydrogen) atoms. The molecule has 0 aliphatic carbocycles. The van der Waals surface area contributed by atoms with Crippen LogP contribution in [0.1, 0.15) is 0 Å². The summed E-state index contributed by atoms with van der Waals surface area (Å²) in [4.78, 5) is -0.266. The number of sulfonamides is 1. The second kappa shape index (κ2) is 4.40. The number of nitrogens with two attached hydrogens (primary N) is 1. The Morgan fingerprint density at radius 3 is 2.29 bits per heavy atom. The molecular weight excluding hydrogens is 364 g/mol. The third-order valence-corrected chi connectivity index (χ3v) is 5.08. The molecule has 0 radical (unpaired) electrons. The molecule has 0 aliphatic rings. The monoisotopic (exact) mass is 367 g/mol. The van der Waals surface area contributed by atoms with Crippen molar-refractivity contribution in [1.82, 2.24) is 0 Å². The summed E-state index contributed by atoms with van der Waals surface area (Å²) in [7, 11) is -3.93. The third kappa shape index (κ3) is 2.63. The van der Waals surface area contributed by atoms with Crippen molar-refractivity contribution < 1.29 is 11.5 Å². The molecule has 0 spiro atoms. The van der Waals surface area contributed by atoms with Gasteiger partial charge in [0.05, 0.1) is 8.59 Å². The molecule has 0 aliphatic heterocycles. The van der Waals surface area contributed by atoms with Gasteiger partial charge in [-0.2, -0.15) is 0 Å². The normalized spacial score (nSPS) is 11.6. The maximum absolute atomic E-state index is 11.1. The van der Waals surface area contributed by atoms with Crippen LogP contribution in [0.3, 0.4) is 0 Å². The molecule has 0 aromatic heterocycles. The topological polar surface area (TPSA) is 77.2 Å². The second-order valence-corrected chi connectivity index (χ2v) is 6.21. The largest absolute Gasteiger partial charge is 0.265 e. The first kappa shape index (κ1) is 12.3. The maximum Gasteiger partial charge on any atom is 0.239 e. The van der Waals surface area contributed by atoms with E-state index in [1.54, 1.807) is 0 Å². The first-order valence-corrected chi connectivity index (χ1v) is 7.41. The van der Waals surface area contributed by atoms with Crippen molar-refractivity contribution in [2.75, 3.05) is 0 Å². The molecule has 2 N–H and O–H groups in total. The van der Waals surface area contributed by atoms with Crippen molar-refractivity contribution in [2.24, 2.45) is 5.14 Å². The van der Waals surface area contributed by atoms with E-state index in [1.165, 1.54) is 6.07 Å². The van der Waals surface area contributed by atoms with E-state index in [0.717, 1.165) is 6.07 Å². The predicted molar refractivity (Wildman–Crippen MR) is 61.2 cm³/mol. The first-order valence-electron chi connectivity index (χ1n) is 3.15. The fraction of sp³-hybridized carbons (Fsp3) is 0. The lowest BCUT2D eigenvalue weighted by atomic mass is 10.4. The standard InChI is InChI=1S/C6H4Cl2INO3S/c7-3-1-4(8)6(9-11)5(2-3)14(10,12)13/h1-2H,(H2,10,12,13). The molecule has 0 atom stereocenters.